The minimum atomic E-state index is 0.0382. The van der Waals surface area contributed by atoms with E-state index < -0.39 is 0 Å². The van der Waals surface area contributed by atoms with E-state index in [-0.39, 0.29) is 6.61 Å². The summed E-state index contributed by atoms with van der Waals surface area (Å²) < 4.78 is 0. The van der Waals surface area contributed by atoms with Crippen LogP contribution in [0.25, 0.3) is 0 Å². The lowest BCUT2D eigenvalue weighted by molar-refractivity contribution is 0.308. The molecule has 0 bridgehead atoms. The van der Waals surface area contributed by atoms with Gasteiger partial charge in [-0.2, -0.15) is 5.41 Å². The van der Waals surface area contributed by atoms with E-state index in [1.807, 2.05) is 0 Å². The van der Waals surface area contributed by atoms with Crippen molar-refractivity contribution in [2.75, 3.05) is 6.61 Å². The van der Waals surface area contributed by atoms with Gasteiger partial charge in [0.1, 0.15) is 0 Å². The quantitative estimate of drug-likeness (QED) is 0.428. The lowest BCUT2D eigenvalue weighted by Gasteiger charge is -1.71. The third-order valence-corrected chi connectivity index (χ3v) is 0.258. The van der Waals surface area contributed by atoms with Crippen molar-refractivity contribution in [2.24, 2.45) is 0 Å². The average Bonchev–Trinajstić information content (AvgIpc) is 1.41. The van der Waals surface area contributed by atoms with Crippen LogP contribution in [0, 0.1) is 0 Å². The molecule has 0 atom stereocenters. The second-order valence-electron chi connectivity index (χ2n) is 0.695. The Labute approximate surface area is 30.9 Å². The van der Waals surface area contributed by atoms with Gasteiger partial charge in [0.25, 0.3) is 0 Å². The molecule has 0 aromatic heterocycles. The summed E-state index contributed by atoms with van der Waals surface area (Å²) in [6, 6.07) is 0. The van der Waals surface area contributed by atoms with Crippen molar-refractivity contribution in [1.82, 2.24) is 5.41 Å². The van der Waals surface area contributed by atoms with E-state index in [0.717, 1.165) is 6.21 Å². The highest BCUT2D eigenvalue weighted by molar-refractivity contribution is 5.53. The summed E-state index contributed by atoms with van der Waals surface area (Å²) in [5, 5.41) is 15.7. The van der Waals surface area contributed by atoms with E-state index in [1.165, 1.54) is 0 Å². The third kappa shape index (κ3) is 3.63. The van der Waals surface area contributed by atoms with Gasteiger partial charge in [-0.15, -0.1) is 0 Å². The molecule has 0 aromatic carbocycles. The highest BCUT2D eigenvalue weighted by atomic mass is 16.2. The lowest BCUT2D eigenvalue weighted by Crippen LogP contribution is -1.80. The summed E-state index contributed by atoms with van der Waals surface area (Å²) in [7, 11) is 0. The van der Waals surface area contributed by atoms with Crippen LogP contribution in [0.15, 0.2) is 0 Å². The van der Waals surface area contributed by atoms with Crippen LogP contribution in [-0.4, -0.2) is 17.9 Å². The van der Waals surface area contributed by atoms with Gasteiger partial charge in [0.05, 0.1) is 0 Å². The van der Waals surface area contributed by atoms with E-state index in [1.54, 1.807) is 0 Å². The molecule has 0 aromatic rings. The van der Waals surface area contributed by atoms with Gasteiger partial charge in [-0.25, -0.2) is 0 Å². The Morgan fingerprint density at radius 1 is 1.80 bits per heavy atom. The maximum Gasteiger partial charge on any atom is 0.0481 e. The van der Waals surface area contributed by atoms with Crippen LogP contribution in [0.1, 0.15) is 6.42 Å². The largest absolute Gasteiger partial charge is 0.396 e. The Balaban J connectivity index is 2.40. The number of rotatable bonds is 2. The number of aliphatic hydroxyl groups excluding tert-OH is 1. The fourth-order valence-corrected chi connectivity index (χ4v) is 0.0577. The van der Waals surface area contributed by atoms with Crippen LogP contribution in [0.3, 0.4) is 0 Å². The maximum atomic E-state index is 7.88. The van der Waals surface area contributed by atoms with E-state index in [9.17, 15) is 0 Å². The smallest absolute Gasteiger partial charge is 0.0481 e. The van der Waals surface area contributed by atoms with E-state index in [0.29, 0.717) is 6.42 Å². The van der Waals surface area contributed by atoms with Crippen LogP contribution in [0.4, 0.5) is 0 Å². The number of hydrogen-bond donors (Lipinski definition) is 1. The van der Waals surface area contributed by atoms with E-state index >= 15 is 0 Å². The first-order valence-corrected chi connectivity index (χ1v) is 1.48. The minimum Gasteiger partial charge on any atom is -0.396 e. The second kappa shape index (κ2) is 3.63. The molecule has 0 aliphatic heterocycles. The van der Waals surface area contributed by atoms with Gasteiger partial charge in [0.2, 0.25) is 0 Å². The molecule has 0 aliphatic rings. The van der Waals surface area contributed by atoms with Crippen molar-refractivity contribution in [1.29, 1.82) is 0 Å². The van der Waals surface area contributed by atoms with Crippen LogP contribution in [-0.2, 0) is 0 Å². The Hall–Kier alpha value is -0.370. The Kier molecular flexibility index (Phi) is 3.36. The van der Waals surface area contributed by atoms with Crippen molar-refractivity contribution in [2.45, 2.75) is 6.42 Å². The number of hydrogen-bond acceptors (Lipinski definition) is 1. The maximum absolute atomic E-state index is 7.88. The highest BCUT2D eigenvalue weighted by Gasteiger charge is 1.65. The first kappa shape index (κ1) is 4.63. The van der Waals surface area contributed by atoms with Crippen LogP contribution in [0.2, 0.25) is 0 Å². The first-order chi connectivity index (χ1) is 2.41. The predicted octanol–water partition coefficient (Wildman–Crippen LogP) is -0.760. The van der Waals surface area contributed by atoms with E-state index in [4.69, 9.17) is 10.5 Å². The summed E-state index contributed by atoms with van der Waals surface area (Å²) in [6.45, 7) is 0.0382. The average molecular weight is 72.1 g/mol. The van der Waals surface area contributed by atoms with Crippen molar-refractivity contribution in [3.05, 3.63) is 0 Å². The molecule has 2 heteroatoms. The zero-order valence-electron chi connectivity index (χ0n) is 2.89. The minimum absolute atomic E-state index is 0.0382. The van der Waals surface area contributed by atoms with Gasteiger partial charge in [-0.1, -0.05) is 0 Å². The topological polar surface area (TPSA) is 42.5 Å². The van der Waals surface area contributed by atoms with Gasteiger partial charge in [-0.3, -0.25) is 0 Å². The molecule has 0 saturated carbocycles. The molecule has 0 heterocycles. The molecular formula is C3H6NO. The van der Waals surface area contributed by atoms with Gasteiger partial charge >= 0.3 is 0 Å². The molecule has 1 N–H and O–H groups in total. The Morgan fingerprint density at radius 2 is 2.40 bits per heavy atom. The molecule has 0 unspecified atom stereocenters. The molecule has 0 spiro atoms. The predicted molar refractivity (Wildman–Crippen MR) is 19.9 cm³/mol. The van der Waals surface area contributed by atoms with Crippen molar-refractivity contribution in [3.8, 4) is 0 Å². The molecule has 5 heavy (non-hydrogen) atoms. The molecule has 0 saturated heterocycles. The molecule has 29 valence electrons. The van der Waals surface area contributed by atoms with Gasteiger partial charge < -0.3 is 5.11 Å². The summed E-state index contributed by atoms with van der Waals surface area (Å²) in [4.78, 5) is 0. The SMILES string of the molecule is [N]=CCCO. The molecule has 2 nitrogen and oxygen atoms in total. The Bertz CT molecular complexity index is 28.1. The molecule has 0 fully saturated rings. The van der Waals surface area contributed by atoms with Gasteiger partial charge in [-0.05, 0) is 0 Å². The monoisotopic (exact) mass is 72.0 g/mol. The fourth-order valence-electron chi connectivity index (χ4n) is 0.0577. The van der Waals surface area contributed by atoms with Crippen molar-refractivity contribution < 1.29 is 5.11 Å². The number of aliphatic hydroxyl groups is 1. The first-order valence-electron chi connectivity index (χ1n) is 1.48. The zero-order valence-corrected chi connectivity index (χ0v) is 2.89. The van der Waals surface area contributed by atoms with Crippen LogP contribution < -0.4 is 5.41 Å². The van der Waals surface area contributed by atoms with E-state index in [2.05, 4.69) is 0 Å². The summed E-state index contributed by atoms with van der Waals surface area (Å²) in [6.07, 6.45) is 1.31. The lowest BCUT2D eigenvalue weighted by atomic mass is 10.5. The molecular weight excluding hydrogens is 66.0 g/mol. The zero-order chi connectivity index (χ0) is 4.12. The van der Waals surface area contributed by atoms with Crippen LogP contribution in [0.5, 0.6) is 0 Å². The Morgan fingerprint density at radius 3 is 2.40 bits per heavy atom. The fraction of sp³-hybridized carbons (Fsp3) is 0.667. The van der Waals surface area contributed by atoms with Gasteiger partial charge in [0, 0.05) is 19.2 Å². The summed E-state index contributed by atoms with van der Waals surface area (Å²) in [5.74, 6) is 0. The summed E-state index contributed by atoms with van der Waals surface area (Å²) >= 11 is 0. The molecule has 0 amide bonds. The van der Waals surface area contributed by atoms with Crippen LogP contribution >= 0.6 is 0 Å². The number of nitrogens with zero attached hydrogens (tertiary/aromatic N) is 1. The standard InChI is InChI=1S/C3H6NO/c4-2-1-3-5/h2,5H,1,3H2. The third-order valence-electron chi connectivity index (χ3n) is 0.258. The normalized spacial score (nSPS) is 7.40. The highest BCUT2D eigenvalue weighted by Crippen LogP contribution is 1.57. The second-order valence-corrected chi connectivity index (χ2v) is 0.695. The molecule has 0 aliphatic carbocycles. The van der Waals surface area contributed by atoms with Gasteiger partial charge in [0.15, 0.2) is 0 Å². The van der Waals surface area contributed by atoms with Crippen molar-refractivity contribution >= 4 is 6.21 Å². The van der Waals surface area contributed by atoms with Crippen molar-refractivity contribution in [3.63, 3.8) is 0 Å². The molecule has 0 rings (SSSR count). The summed E-state index contributed by atoms with van der Waals surface area (Å²) in [5.41, 5.74) is 0. The molecule has 1 radical (unpaired) electrons.